The standard InChI is InChI=1S/C17H28N2O/c1-4-6-7-15-8-10-16(11-9-15)19-17(20)13-14(3)18-12-5-2/h8-11,14,18H,4-7,12-13H2,1-3H3,(H,19,20). The maximum Gasteiger partial charge on any atom is 0.225 e. The molecule has 1 rings (SSSR count). The third-order valence-corrected chi connectivity index (χ3v) is 3.29. The second-order valence-electron chi connectivity index (χ2n) is 5.41. The van der Waals surface area contributed by atoms with Gasteiger partial charge in [-0.05, 0) is 50.4 Å². The summed E-state index contributed by atoms with van der Waals surface area (Å²) in [4.78, 5) is 11.9. The minimum absolute atomic E-state index is 0.0717. The van der Waals surface area contributed by atoms with Crippen LogP contribution in [0.3, 0.4) is 0 Å². The number of aryl methyl sites for hydroxylation is 1. The molecule has 0 aliphatic rings. The number of unbranched alkanes of at least 4 members (excludes halogenated alkanes) is 1. The maximum absolute atomic E-state index is 11.9. The van der Waals surface area contributed by atoms with Crippen LogP contribution in [0.2, 0.25) is 0 Å². The lowest BCUT2D eigenvalue weighted by Crippen LogP contribution is -2.31. The van der Waals surface area contributed by atoms with Crippen molar-refractivity contribution in [2.24, 2.45) is 0 Å². The van der Waals surface area contributed by atoms with Gasteiger partial charge in [-0.15, -0.1) is 0 Å². The monoisotopic (exact) mass is 276 g/mol. The molecular weight excluding hydrogens is 248 g/mol. The lowest BCUT2D eigenvalue weighted by Gasteiger charge is -2.13. The number of benzene rings is 1. The second kappa shape index (κ2) is 9.54. The molecule has 1 aromatic carbocycles. The molecule has 0 saturated carbocycles. The summed E-state index contributed by atoms with van der Waals surface area (Å²) in [6, 6.07) is 8.41. The highest BCUT2D eigenvalue weighted by atomic mass is 16.1. The van der Waals surface area contributed by atoms with E-state index in [1.54, 1.807) is 0 Å². The first-order chi connectivity index (χ1) is 9.65. The van der Waals surface area contributed by atoms with E-state index in [1.165, 1.54) is 18.4 Å². The second-order valence-corrected chi connectivity index (χ2v) is 5.41. The summed E-state index contributed by atoms with van der Waals surface area (Å²) in [6.07, 6.45) is 5.14. The zero-order valence-corrected chi connectivity index (χ0v) is 13.0. The fourth-order valence-electron chi connectivity index (χ4n) is 2.09. The number of amides is 1. The van der Waals surface area contributed by atoms with E-state index in [0.717, 1.165) is 25.1 Å². The average molecular weight is 276 g/mol. The zero-order valence-electron chi connectivity index (χ0n) is 13.0. The van der Waals surface area contributed by atoms with Crippen molar-refractivity contribution in [1.82, 2.24) is 5.32 Å². The summed E-state index contributed by atoms with van der Waals surface area (Å²) < 4.78 is 0. The summed E-state index contributed by atoms with van der Waals surface area (Å²) >= 11 is 0. The molecule has 1 amide bonds. The molecule has 1 atom stereocenters. The van der Waals surface area contributed by atoms with Crippen LogP contribution in [0.1, 0.15) is 52.0 Å². The first-order valence-electron chi connectivity index (χ1n) is 7.77. The Hall–Kier alpha value is -1.35. The first kappa shape index (κ1) is 16.7. The van der Waals surface area contributed by atoms with Crippen molar-refractivity contribution < 1.29 is 4.79 Å². The number of carbonyl (C=O) groups excluding carboxylic acids is 1. The summed E-state index contributed by atoms with van der Waals surface area (Å²) in [5.41, 5.74) is 2.22. The fraction of sp³-hybridized carbons (Fsp3) is 0.588. The lowest BCUT2D eigenvalue weighted by atomic mass is 10.1. The lowest BCUT2D eigenvalue weighted by molar-refractivity contribution is -0.116. The van der Waals surface area contributed by atoms with Crippen LogP contribution in [-0.2, 0) is 11.2 Å². The number of hydrogen-bond donors (Lipinski definition) is 2. The molecular formula is C17H28N2O. The maximum atomic E-state index is 11.9. The smallest absolute Gasteiger partial charge is 0.225 e. The average Bonchev–Trinajstić information content (AvgIpc) is 2.44. The molecule has 0 heterocycles. The molecule has 0 saturated heterocycles. The molecule has 0 radical (unpaired) electrons. The molecule has 112 valence electrons. The van der Waals surface area contributed by atoms with Gasteiger partial charge in [-0.1, -0.05) is 32.4 Å². The van der Waals surface area contributed by atoms with E-state index in [1.807, 2.05) is 19.1 Å². The van der Waals surface area contributed by atoms with Crippen molar-refractivity contribution in [2.75, 3.05) is 11.9 Å². The molecule has 0 aliphatic heterocycles. The van der Waals surface area contributed by atoms with E-state index >= 15 is 0 Å². The molecule has 0 fully saturated rings. The van der Waals surface area contributed by atoms with Crippen LogP contribution >= 0.6 is 0 Å². The SMILES string of the molecule is CCCCc1ccc(NC(=O)CC(C)NCCC)cc1. The quantitative estimate of drug-likeness (QED) is 0.721. The highest BCUT2D eigenvalue weighted by molar-refractivity contribution is 5.91. The van der Waals surface area contributed by atoms with Crippen molar-refractivity contribution in [1.29, 1.82) is 0 Å². The van der Waals surface area contributed by atoms with E-state index in [-0.39, 0.29) is 11.9 Å². The minimum Gasteiger partial charge on any atom is -0.326 e. The van der Waals surface area contributed by atoms with E-state index in [0.29, 0.717) is 6.42 Å². The Balaban J connectivity index is 2.37. The van der Waals surface area contributed by atoms with Crippen LogP contribution in [0.4, 0.5) is 5.69 Å². The van der Waals surface area contributed by atoms with Gasteiger partial charge in [0, 0.05) is 18.2 Å². The van der Waals surface area contributed by atoms with Gasteiger partial charge in [0.05, 0.1) is 0 Å². The van der Waals surface area contributed by atoms with Gasteiger partial charge in [0.15, 0.2) is 0 Å². The zero-order chi connectivity index (χ0) is 14.8. The Morgan fingerprint density at radius 1 is 1.15 bits per heavy atom. The van der Waals surface area contributed by atoms with Crippen LogP contribution in [0, 0.1) is 0 Å². The van der Waals surface area contributed by atoms with Crippen molar-refractivity contribution in [2.45, 2.75) is 58.9 Å². The highest BCUT2D eigenvalue weighted by Crippen LogP contribution is 2.12. The van der Waals surface area contributed by atoms with Crippen LogP contribution in [0.25, 0.3) is 0 Å². The number of anilines is 1. The molecule has 0 bridgehead atoms. The summed E-state index contributed by atoms with van der Waals surface area (Å²) in [5.74, 6) is 0.0717. The summed E-state index contributed by atoms with van der Waals surface area (Å²) in [6.45, 7) is 7.33. The van der Waals surface area contributed by atoms with Crippen molar-refractivity contribution in [3.63, 3.8) is 0 Å². The van der Waals surface area contributed by atoms with Crippen LogP contribution in [-0.4, -0.2) is 18.5 Å². The van der Waals surface area contributed by atoms with Gasteiger partial charge in [0.1, 0.15) is 0 Å². The molecule has 0 aromatic heterocycles. The van der Waals surface area contributed by atoms with Gasteiger partial charge in [0.2, 0.25) is 5.91 Å². The Bertz CT molecular complexity index is 386. The Morgan fingerprint density at radius 3 is 2.45 bits per heavy atom. The first-order valence-corrected chi connectivity index (χ1v) is 7.77. The van der Waals surface area contributed by atoms with Gasteiger partial charge in [-0.2, -0.15) is 0 Å². The number of nitrogens with one attached hydrogen (secondary N) is 2. The van der Waals surface area contributed by atoms with Gasteiger partial charge in [-0.25, -0.2) is 0 Å². The Morgan fingerprint density at radius 2 is 1.85 bits per heavy atom. The van der Waals surface area contributed by atoms with Gasteiger partial charge < -0.3 is 10.6 Å². The summed E-state index contributed by atoms with van der Waals surface area (Å²) in [7, 11) is 0. The normalized spacial score (nSPS) is 12.2. The van der Waals surface area contributed by atoms with E-state index < -0.39 is 0 Å². The molecule has 2 N–H and O–H groups in total. The number of carbonyl (C=O) groups is 1. The Labute approximate surface area is 123 Å². The van der Waals surface area contributed by atoms with Crippen LogP contribution in [0.5, 0.6) is 0 Å². The molecule has 1 unspecified atom stereocenters. The molecule has 0 spiro atoms. The molecule has 3 nitrogen and oxygen atoms in total. The van der Waals surface area contributed by atoms with Crippen molar-refractivity contribution in [3.8, 4) is 0 Å². The fourth-order valence-corrected chi connectivity index (χ4v) is 2.09. The molecule has 1 aromatic rings. The number of hydrogen-bond acceptors (Lipinski definition) is 2. The van der Waals surface area contributed by atoms with Crippen LogP contribution in [0.15, 0.2) is 24.3 Å². The van der Waals surface area contributed by atoms with E-state index in [2.05, 4.69) is 36.6 Å². The van der Waals surface area contributed by atoms with Gasteiger partial charge in [0.25, 0.3) is 0 Å². The Kier molecular flexibility index (Phi) is 7.97. The molecule has 3 heteroatoms. The minimum atomic E-state index is 0.0717. The third-order valence-electron chi connectivity index (χ3n) is 3.29. The highest BCUT2D eigenvalue weighted by Gasteiger charge is 2.08. The van der Waals surface area contributed by atoms with E-state index in [4.69, 9.17) is 0 Å². The third kappa shape index (κ3) is 6.71. The van der Waals surface area contributed by atoms with Crippen molar-refractivity contribution >= 4 is 11.6 Å². The van der Waals surface area contributed by atoms with Gasteiger partial charge in [-0.3, -0.25) is 4.79 Å². The topological polar surface area (TPSA) is 41.1 Å². The largest absolute Gasteiger partial charge is 0.326 e. The van der Waals surface area contributed by atoms with Gasteiger partial charge >= 0.3 is 0 Å². The summed E-state index contributed by atoms with van der Waals surface area (Å²) in [5, 5.41) is 6.27. The molecule has 20 heavy (non-hydrogen) atoms. The number of rotatable bonds is 9. The predicted octanol–water partition coefficient (Wildman–Crippen LogP) is 3.75. The van der Waals surface area contributed by atoms with Crippen molar-refractivity contribution in [3.05, 3.63) is 29.8 Å². The predicted molar refractivity (Wildman–Crippen MR) is 86.1 cm³/mol. The van der Waals surface area contributed by atoms with Crippen LogP contribution < -0.4 is 10.6 Å². The van der Waals surface area contributed by atoms with E-state index in [9.17, 15) is 4.79 Å². The molecule has 0 aliphatic carbocycles.